The van der Waals surface area contributed by atoms with E-state index >= 15 is 0 Å². The molecule has 0 aliphatic carbocycles. The van der Waals surface area contributed by atoms with E-state index in [0.717, 1.165) is 16.9 Å². The molecule has 0 saturated carbocycles. The topological polar surface area (TPSA) is 42.4 Å². The summed E-state index contributed by atoms with van der Waals surface area (Å²) in [5.41, 5.74) is 1.14. The van der Waals surface area contributed by atoms with Crippen LogP contribution < -0.4 is 4.74 Å². The van der Waals surface area contributed by atoms with Crippen molar-refractivity contribution in [3.8, 4) is 11.5 Å². The summed E-state index contributed by atoms with van der Waals surface area (Å²) in [5.74, 6) is 1.36. The van der Waals surface area contributed by atoms with E-state index in [4.69, 9.17) is 16.3 Å². The second kappa shape index (κ2) is 5.37. The monoisotopic (exact) mass is 323 g/mol. The third kappa shape index (κ3) is 2.38. The highest BCUT2D eigenvalue weighted by Crippen LogP contribution is 2.45. The SMILES string of the molecule is OC1(c2ccncc2)Cc2ccccc2Oc2ccc(Cl)cc21. The van der Waals surface area contributed by atoms with Gasteiger partial charge >= 0.3 is 0 Å². The second-order valence-electron chi connectivity index (χ2n) is 5.62. The zero-order chi connectivity index (χ0) is 15.9. The van der Waals surface area contributed by atoms with Gasteiger partial charge < -0.3 is 9.84 Å². The lowest BCUT2D eigenvalue weighted by molar-refractivity contribution is 0.0814. The minimum Gasteiger partial charge on any atom is -0.457 e. The Labute approximate surface area is 139 Å². The van der Waals surface area contributed by atoms with Crippen LogP contribution in [0, 0.1) is 0 Å². The van der Waals surface area contributed by atoms with Gasteiger partial charge in [-0.25, -0.2) is 0 Å². The maximum absolute atomic E-state index is 11.6. The Balaban J connectivity index is 1.99. The molecule has 1 aromatic heterocycles. The normalized spacial score (nSPS) is 19.2. The van der Waals surface area contributed by atoms with Gasteiger partial charge in [-0.2, -0.15) is 0 Å². The summed E-state index contributed by atoms with van der Waals surface area (Å²) in [6, 6.07) is 16.7. The van der Waals surface area contributed by atoms with E-state index in [9.17, 15) is 5.11 Å². The van der Waals surface area contributed by atoms with Crippen LogP contribution in [-0.4, -0.2) is 10.1 Å². The predicted octanol–water partition coefficient (Wildman–Crippen LogP) is 4.32. The van der Waals surface area contributed by atoms with Gasteiger partial charge in [0.1, 0.15) is 17.1 Å². The van der Waals surface area contributed by atoms with Crippen molar-refractivity contribution in [3.05, 3.63) is 88.7 Å². The molecule has 114 valence electrons. The summed E-state index contributed by atoms with van der Waals surface area (Å²) in [6.07, 6.45) is 3.75. The lowest BCUT2D eigenvalue weighted by Crippen LogP contribution is -2.29. The van der Waals surface area contributed by atoms with Crippen molar-refractivity contribution in [2.75, 3.05) is 0 Å². The molecule has 1 aliphatic rings. The smallest absolute Gasteiger partial charge is 0.134 e. The van der Waals surface area contributed by atoms with Gasteiger partial charge in [0.05, 0.1) is 0 Å². The molecule has 1 atom stereocenters. The Morgan fingerprint density at radius 2 is 1.78 bits per heavy atom. The molecule has 23 heavy (non-hydrogen) atoms. The zero-order valence-corrected chi connectivity index (χ0v) is 13.0. The predicted molar refractivity (Wildman–Crippen MR) is 88.9 cm³/mol. The highest BCUT2D eigenvalue weighted by atomic mass is 35.5. The number of hydrogen-bond donors (Lipinski definition) is 1. The Hall–Kier alpha value is -2.36. The molecule has 3 aromatic rings. The maximum Gasteiger partial charge on any atom is 0.134 e. The van der Waals surface area contributed by atoms with E-state index in [1.165, 1.54) is 0 Å². The first-order valence-corrected chi connectivity index (χ1v) is 7.73. The first kappa shape index (κ1) is 14.2. The van der Waals surface area contributed by atoms with E-state index in [2.05, 4.69) is 4.98 Å². The molecule has 4 heteroatoms. The van der Waals surface area contributed by atoms with Crippen molar-refractivity contribution in [1.29, 1.82) is 0 Å². The lowest BCUT2D eigenvalue weighted by atomic mass is 9.81. The highest BCUT2D eigenvalue weighted by molar-refractivity contribution is 6.30. The fraction of sp³-hybridized carbons (Fsp3) is 0.105. The number of para-hydroxylation sites is 1. The number of halogens is 1. The quantitative estimate of drug-likeness (QED) is 0.725. The Morgan fingerprint density at radius 1 is 1.00 bits per heavy atom. The Bertz CT molecular complexity index is 866. The van der Waals surface area contributed by atoms with Crippen molar-refractivity contribution >= 4 is 11.6 Å². The van der Waals surface area contributed by atoms with Gasteiger partial charge in [-0.1, -0.05) is 29.8 Å². The molecule has 0 fully saturated rings. The van der Waals surface area contributed by atoms with Crippen LogP contribution in [0.25, 0.3) is 0 Å². The number of nitrogens with zero attached hydrogens (tertiary/aromatic N) is 1. The first-order chi connectivity index (χ1) is 11.2. The van der Waals surface area contributed by atoms with E-state index in [-0.39, 0.29) is 0 Å². The fourth-order valence-electron chi connectivity index (χ4n) is 3.04. The van der Waals surface area contributed by atoms with Crippen molar-refractivity contribution in [3.63, 3.8) is 0 Å². The molecule has 0 amide bonds. The van der Waals surface area contributed by atoms with E-state index < -0.39 is 5.60 Å². The fourth-order valence-corrected chi connectivity index (χ4v) is 3.21. The minimum atomic E-state index is -1.23. The standard InChI is InChI=1S/C19H14ClNO2/c20-15-5-6-18-16(11-15)19(22,14-7-9-21-10-8-14)12-13-3-1-2-4-17(13)23-18/h1-11,22H,12H2. The molecule has 1 N–H and O–H groups in total. The molecule has 3 nitrogen and oxygen atoms in total. The summed E-state index contributed by atoms with van der Waals surface area (Å²) in [6.45, 7) is 0. The van der Waals surface area contributed by atoms with Crippen LogP contribution in [0.15, 0.2) is 67.0 Å². The van der Waals surface area contributed by atoms with Crippen LogP contribution in [0.3, 0.4) is 0 Å². The van der Waals surface area contributed by atoms with Gasteiger partial charge in [0.25, 0.3) is 0 Å². The first-order valence-electron chi connectivity index (χ1n) is 7.35. The number of aromatic nitrogens is 1. The summed E-state index contributed by atoms with van der Waals surface area (Å²) in [5, 5.41) is 12.1. The van der Waals surface area contributed by atoms with Crippen LogP contribution in [0.4, 0.5) is 0 Å². The zero-order valence-electron chi connectivity index (χ0n) is 12.2. The number of fused-ring (bicyclic) bond motifs is 2. The molecule has 2 aromatic carbocycles. The van der Waals surface area contributed by atoms with E-state index in [1.807, 2.05) is 36.4 Å². The molecular weight excluding hydrogens is 310 g/mol. The van der Waals surface area contributed by atoms with Gasteiger partial charge in [-0.15, -0.1) is 0 Å². The van der Waals surface area contributed by atoms with Gasteiger partial charge in [0.2, 0.25) is 0 Å². The lowest BCUT2D eigenvalue weighted by Gasteiger charge is -2.28. The number of rotatable bonds is 1. The number of ether oxygens (including phenoxy) is 1. The highest BCUT2D eigenvalue weighted by Gasteiger charge is 2.38. The molecule has 1 aliphatic heterocycles. The number of aliphatic hydroxyl groups is 1. The van der Waals surface area contributed by atoms with Crippen molar-refractivity contribution in [2.24, 2.45) is 0 Å². The van der Waals surface area contributed by atoms with Gasteiger partial charge in [0.15, 0.2) is 0 Å². The van der Waals surface area contributed by atoms with Crippen molar-refractivity contribution in [2.45, 2.75) is 12.0 Å². The molecule has 0 bridgehead atoms. The van der Waals surface area contributed by atoms with Crippen LogP contribution in [-0.2, 0) is 12.0 Å². The van der Waals surface area contributed by atoms with Gasteiger partial charge in [-0.3, -0.25) is 4.98 Å². The molecular formula is C19H14ClNO2. The minimum absolute atomic E-state index is 0.403. The van der Waals surface area contributed by atoms with Crippen molar-refractivity contribution in [1.82, 2.24) is 4.98 Å². The third-order valence-electron chi connectivity index (χ3n) is 4.18. The summed E-state index contributed by atoms with van der Waals surface area (Å²) in [4.78, 5) is 4.04. The van der Waals surface area contributed by atoms with E-state index in [0.29, 0.717) is 22.8 Å². The van der Waals surface area contributed by atoms with Crippen LogP contribution in [0.2, 0.25) is 5.02 Å². The Morgan fingerprint density at radius 3 is 2.61 bits per heavy atom. The molecule has 1 unspecified atom stereocenters. The summed E-state index contributed by atoms with van der Waals surface area (Å²) < 4.78 is 6.04. The average Bonchev–Trinajstić information content (AvgIpc) is 2.71. The molecule has 0 spiro atoms. The number of pyridine rings is 1. The van der Waals surface area contributed by atoms with Crippen LogP contribution in [0.5, 0.6) is 11.5 Å². The van der Waals surface area contributed by atoms with Crippen LogP contribution in [0.1, 0.15) is 16.7 Å². The Kier molecular flexibility index (Phi) is 3.33. The number of hydrogen-bond acceptors (Lipinski definition) is 3. The maximum atomic E-state index is 11.6. The summed E-state index contributed by atoms with van der Waals surface area (Å²) in [7, 11) is 0. The largest absolute Gasteiger partial charge is 0.457 e. The molecule has 0 radical (unpaired) electrons. The average molecular weight is 324 g/mol. The van der Waals surface area contributed by atoms with Gasteiger partial charge in [-0.05, 0) is 47.5 Å². The molecule has 2 heterocycles. The van der Waals surface area contributed by atoms with Crippen molar-refractivity contribution < 1.29 is 9.84 Å². The molecule has 4 rings (SSSR count). The third-order valence-corrected chi connectivity index (χ3v) is 4.42. The second-order valence-corrected chi connectivity index (χ2v) is 6.06. The van der Waals surface area contributed by atoms with E-state index in [1.54, 1.807) is 30.6 Å². The summed E-state index contributed by atoms with van der Waals surface area (Å²) >= 11 is 6.18. The molecule has 0 saturated heterocycles. The van der Waals surface area contributed by atoms with Gasteiger partial charge in [0, 0.05) is 29.4 Å². The number of benzene rings is 2. The van der Waals surface area contributed by atoms with Crippen LogP contribution >= 0.6 is 11.6 Å².